The number of amides is 1. The maximum absolute atomic E-state index is 13.4. The second kappa shape index (κ2) is 8.91. The van der Waals surface area contributed by atoms with E-state index in [9.17, 15) is 9.59 Å². The van der Waals surface area contributed by atoms with Crippen LogP contribution in [-0.2, 0) is 9.53 Å². The molecular formula is C25H24N2O3. The van der Waals surface area contributed by atoms with Gasteiger partial charge < -0.3 is 4.74 Å². The van der Waals surface area contributed by atoms with Gasteiger partial charge in [0.1, 0.15) is 6.61 Å². The molecule has 2 heterocycles. The first-order chi connectivity index (χ1) is 14.7. The van der Waals surface area contributed by atoms with Crippen LogP contribution in [0.2, 0.25) is 0 Å². The Hall–Kier alpha value is -3.47. The number of carbonyl (C=O) groups excluding carboxylic acids is 2. The number of pyridine rings is 1. The number of unbranched alkanes of at least 4 members (excludes halogenated alkanes) is 1. The van der Waals surface area contributed by atoms with Crippen LogP contribution in [0.3, 0.4) is 0 Å². The lowest BCUT2D eigenvalue weighted by Crippen LogP contribution is -2.25. The van der Waals surface area contributed by atoms with Crippen LogP contribution in [0, 0.1) is 0 Å². The maximum Gasteiger partial charge on any atom is 0.414 e. The molecule has 0 radical (unpaired) electrons. The number of ether oxygens (including phenoxy) is 1. The molecule has 1 aliphatic rings. The minimum Gasteiger partial charge on any atom is -0.447 e. The summed E-state index contributed by atoms with van der Waals surface area (Å²) < 4.78 is 5.23. The van der Waals surface area contributed by atoms with Crippen LogP contribution in [0.1, 0.15) is 37.3 Å². The van der Waals surface area contributed by atoms with E-state index in [-0.39, 0.29) is 5.78 Å². The Kier molecular flexibility index (Phi) is 5.89. The summed E-state index contributed by atoms with van der Waals surface area (Å²) in [6.07, 6.45) is 3.49. The van der Waals surface area contributed by atoms with Crippen molar-refractivity contribution < 1.29 is 14.3 Å². The van der Waals surface area contributed by atoms with Gasteiger partial charge in [0.25, 0.3) is 0 Å². The maximum atomic E-state index is 13.4. The third kappa shape index (κ3) is 3.96. The molecule has 0 aliphatic carbocycles. The van der Waals surface area contributed by atoms with Gasteiger partial charge in [-0.05, 0) is 35.7 Å². The lowest BCUT2D eigenvalue weighted by molar-refractivity contribution is -0.113. The minimum absolute atomic E-state index is 0.0315. The Labute approximate surface area is 176 Å². The standard InChI is InChI=1S/C25H24N2O3/c1-2-3-11-22(28)23(18-8-5-4-6-9-18)24(27-15-16-30-25(27)29)20-12-13-21-19(17-20)10-7-14-26-21/h4-10,12-14,17H,2-3,11,15-16H2,1H3/b24-23+. The molecule has 0 atom stereocenters. The van der Waals surface area contributed by atoms with Crippen LogP contribution in [0.4, 0.5) is 4.79 Å². The highest BCUT2D eigenvalue weighted by atomic mass is 16.6. The van der Waals surface area contributed by atoms with Gasteiger partial charge in [-0.2, -0.15) is 0 Å². The van der Waals surface area contributed by atoms with E-state index in [2.05, 4.69) is 11.9 Å². The SMILES string of the molecule is CCCCC(=O)/C(=C(\c1ccc2ncccc2c1)N1CCOC1=O)c1ccccc1. The first-order valence-electron chi connectivity index (χ1n) is 10.3. The Morgan fingerprint density at radius 2 is 1.90 bits per heavy atom. The molecule has 0 spiro atoms. The number of hydrogen-bond donors (Lipinski definition) is 0. The highest BCUT2D eigenvalue weighted by Crippen LogP contribution is 2.34. The van der Waals surface area contributed by atoms with E-state index in [1.165, 1.54) is 0 Å². The number of aromatic nitrogens is 1. The van der Waals surface area contributed by atoms with Crippen LogP contribution >= 0.6 is 0 Å². The van der Waals surface area contributed by atoms with Gasteiger partial charge in [0.15, 0.2) is 5.78 Å². The molecule has 2 aromatic carbocycles. The number of cyclic esters (lactones) is 1. The van der Waals surface area contributed by atoms with Crippen LogP contribution in [-0.4, -0.2) is 34.9 Å². The number of ketones is 1. The molecule has 5 heteroatoms. The first-order valence-corrected chi connectivity index (χ1v) is 10.3. The number of fused-ring (bicyclic) bond motifs is 1. The molecule has 0 bridgehead atoms. The van der Waals surface area contributed by atoms with Gasteiger partial charge in [0.2, 0.25) is 0 Å². The van der Waals surface area contributed by atoms with E-state index in [0.29, 0.717) is 30.8 Å². The van der Waals surface area contributed by atoms with Crippen LogP contribution < -0.4 is 0 Å². The molecule has 1 amide bonds. The zero-order valence-electron chi connectivity index (χ0n) is 17.0. The second-order valence-electron chi connectivity index (χ2n) is 7.29. The van der Waals surface area contributed by atoms with Gasteiger partial charge >= 0.3 is 6.09 Å². The fraction of sp³-hybridized carbons (Fsp3) is 0.240. The average Bonchev–Trinajstić information content (AvgIpc) is 3.21. The van der Waals surface area contributed by atoms with Crippen molar-refractivity contribution >= 4 is 34.0 Å². The average molecular weight is 400 g/mol. The van der Waals surface area contributed by atoms with Crippen LogP contribution in [0.5, 0.6) is 0 Å². The second-order valence-corrected chi connectivity index (χ2v) is 7.29. The van der Waals surface area contributed by atoms with E-state index < -0.39 is 6.09 Å². The number of hydrogen-bond acceptors (Lipinski definition) is 4. The Bertz CT molecular complexity index is 1110. The van der Waals surface area contributed by atoms with Crippen molar-refractivity contribution in [3.63, 3.8) is 0 Å². The zero-order valence-corrected chi connectivity index (χ0v) is 17.0. The summed E-state index contributed by atoms with van der Waals surface area (Å²) in [6, 6.07) is 19.3. The number of benzene rings is 2. The molecule has 152 valence electrons. The molecule has 0 N–H and O–H groups in total. The first kappa shape index (κ1) is 19.8. The molecule has 0 saturated carbocycles. The monoisotopic (exact) mass is 400 g/mol. The molecule has 4 rings (SSSR count). The van der Waals surface area contributed by atoms with Gasteiger partial charge in [-0.1, -0.05) is 55.8 Å². The zero-order chi connectivity index (χ0) is 20.9. The highest BCUT2D eigenvalue weighted by molar-refractivity contribution is 6.28. The largest absolute Gasteiger partial charge is 0.447 e. The lowest BCUT2D eigenvalue weighted by Gasteiger charge is -2.22. The summed E-state index contributed by atoms with van der Waals surface area (Å²) in [5, 5.41) is 0.952. The van der Waals surface area contributed by atoms with Gasteiger partial charge in [0.05, 0.1) is 17.8 Å². The smallest absolute Gasteiger partial charge is 0.414 e. The van der Waals surface area contributed by atoms with E-state index in [0.717, 1.165) is 34.9 Å². The number of rotatable bonds is 7. The summed E-state index contributed by atoms with van der Waals surface area (Å²) >= 11 is 0. The summed E-state index contributed by atoms with van der Waals surface area (Å²) in [4.78, 5) is 31.9. The molecule has 30 heavy (non-hydrogen) atoms. The Morgan fingerprint density at radius 3 is 2.63 bits per heavy atom. The third-order valence-corrected chi connectivity index (χ3v) is 5.24. The summed E-state index contributed by atoms with van der Waals surface area (Å²) in [7, 11) is 0. The fourth-order valence-corrected chi connectivity index (χ4v) is 3.75. The highest BCUT2D eigenvalue weighted by Gasteiger charge is 2.31. The van der Waals surface area contributed by atoms with Crippen LogP contribution in [0.15, 0.2) is 66.9 Å². The van der Waals surface area contributed by atoms with E-state index in [1.54, 1.807) is 11.1 Å². The van der Waals surface area contributed by atoms with Crippen molar-refractivity contribution in [3.05, 3.63) is 78.0 Å². The topological polar surface area (TPSA) is 59.5 Å². The Morgan fingerprint density at radius 1 is 1.07 bits per heavy atom. The number of carbonyl (C=O) groups is 2. The van der Waals surface area contributed by atoms with Crippen LogP contribution in [0.25, 0.3) is 22.2 Å². The van der Waals surface area contributed by atoms with Crippen molar-refractivity contribution in [1.29, 1.82) is 0 Å². The lowest BCUT2D eigenvalue weighted by atomic mass is 9.92. The Balaban J connectivity index is 1.97. The molecule has 1 saturated heterocycles. The summed E-state index contributed by atoms with van der Waals surface area (Å²) in [6.45, 7) is 2.79. The normalized spacial score (nSPS) is 14.6. The van der Waals surface area contributed by atoms with Gasteiger partial charge in [-0.25, -0.2) is 4.79 Å². The predicted molar refractivity (Wildman–Crippen MR) is 118 cm³/mol. The minimum atomic E-state index is -0.423. The molecule has 1 fully saturated rings. The fourth-order valence-electron chi connectivity index (χ4n) is 3.75. The van der Waals surface area contributed by atoms with Crippen molar-refractivity contribution in [2.75, 3.05) is 13.2 Å². The van der Waals surface area contributed by atoms with Gasteiger partial charge in [-0.15, -0.1) is 0 Å². The third-order valence-electron chi connectivity index (χ3n) is 5.24. The van der Waals surface area contributed by atoms with Crippen molar-refractivity contribution in [3.8, 4) is 0 Å². The molecule has 1 aromatic heterocycles. The molecule has 5 nitrogen and oxygen atoms in total. The van der Waals surface area contributed by atoms with E-state index in [1.807, 2.05) is 60.7 Å². The number of allylic oxidation sites excluding steroid dienone is 1. The quantitative estimate of drug-likeness (QED) is 0.398. The van der Waals surface area contributed by atoms with Crippen molar-refractivity contribution in [2.45, 2.75) is 26.2 Å². The van der Waals surface area contributed by atoms with Gasteiger partial charge in [-0.3, -0.25) is 14.7 Å². The van der Waals surface area contributed by atoms with E-state index in [4.69, 9.17) is 4.74 Å². The summed E-state index contributed by atoms with van der Waals surface area (Å²) in [5.41, 5.74) is 3.64. The predicted octanol–water partition coefficient (Wildman–Crippen LogP) is 5.31. The number of Topliss-reactive ketones (excluding diaryl/α,β-unsaturated/α-hetero) is 1. The molecule has 1 aliphatic heterocycles. The van der Waals surface area contributed by atoms with Crippen molar-refractivity contribution in [2.24, 2.45) is 0 Å². The van der Waals surface area contributed by atoms with Gasteiger partial charge in [0, 0.05) is 23.6 Å². The van der Waals surface area contributed by atoms with Crippen molar-refractivity contribution in [1.82, 2.24) is 9.88 Å². The summed E-state index contributed by atoms with van der Waals surface area (Å²) in [5.74, 6) is 0.0315. The molecular weight excluding hydrogens is 376 g/mol. The van der Waals surface area contributed by atoms with E-state index >= 15 is 0 Å². The molecule has 3 aromatic rings. The number of nitrogens with zero attached hydrogens (tertiary/aromatic N) is 2. The molecule has 0 unspecified atom stereocenters.